The van der Waals surface area contributed by atoms with Crippen molar-refractivity contribution in [1.29, 1.82) is 0 Å². The van der Waals surface area contributed by atoms with Crippen LogP contribution in [0.2, 0.25) is 0 Å². The summed E-state index contributed by atoms with van der Waals surface area (Å²) in [7, 11) is 0. The number of anilines is 1. The van der Waals surface area contributed by atoms with Crippen LogP contribution in [0.15, 0.2) is 72.5 Å². The normalized spacial score (nSPS) is 10.4. The molecule has 0 atom stereocenters. The quantitative estimate of drug-likeness (QED) is 0.478. The molecule has 3 rings (SSSR count). The third kappa shape index (κ3) is 4.86. The van der Waals surface area contributed by atoms with Gasteiger partial charge in [0.1, 0.15) is 30.2 Å². The summed E-state index contributed by atoms with van der Waals surface area (Å²) in [5.74, 6) is -0.263. The van der Waals surface area contributed by atoms with E-state index < -0.39 is 12.0 Å². The van der Waals surface area contributed by atoms with Crippen LogP contribution in [-0.4, -0.2) is 43.5 Å². The predicted molar refractivity (Wildman–Crippen MR) is 118 cm³/mol. The summed E-state index contributed by atoms with van der Waals surface area (Å²) in [6, 6.07) is 9.40. The van der Waals surface area contributed by atoms with E-state index in [9.17, 15) is 14.7 Å². The Morgan fingerprint density at radius 2 is 2.03 bits per heavy atom. The first kappa shape index (κ1) is 21.9. The average molecular weight is 484 g/mol. The average Bonchev–Trinajstić information content (AvgIpc) is 3.21. The van der Waals surface area contributed by atoms with Crippen LogP contribution in [0.1, 0.15) is 10.4 Å². The first-order valence-corrected chi connectivity index (χ1v) is 9.82. The summed E-state index contributed by atoms with van der Waals surface area (Å²) in [4.78, 5) is 30.2. The summed E-state index contributed by atoms with van der Waals surface area (Å²) in [5.41, 5.74) is 0.411. The molecule has 2 amide bonds. The largest absolute Gasteiger partial charge is 0.489 e. The van der Waals surface area contributed by atoms with E-state index >= 15 is 0 Å². The molecule has 0 radical (unpaired) electrons. The maximum atomic E-state index is 13.2. The summed E-state index contributed by atoms with van der Waals surface area (Å²) in [6.45, 7) is 7.86. The van der Waals surface area contributed by atoms with Crippen molar-refractivity contribution in [2.45, 2.75) is 6.54 Å². The van der Waals surface area contributed by atoms with Gasteiger partial charge in [0.2, 0.25) is 0 Å². The van der Waals surface area contributed by atoms with Gasteiger partial charge in [-0.25, -0.2) is 9.78 Å². The lowest BCUT2D eigenvalue weighted by Crippen LogP contribution is -2.36. The highest BCUT2D eigenvalue weighted by Crippen LogP contribution is 2.27. The number of benzene rings is 1. The number of ether oxygens (including phenoxy) is 1. The van der Waals surface area contributed by atoms with Crippen molar-refractivity contribution in [1.82, 2.24) is 19.7 Å². The molecule has 31 heavy (non-hydrogen) atoms. The Balaban J connectivity index is 2.04. The Morgan fingerprint density at radius 3 is 2.74 bits per heavy atom. The van der Waals surface area contributed by atoms with Gasteiger partial charge in [0.05, 0.1) is 5.56 Å². The van der Waals surface area contributed by atoms with Crippen LogP contribution in [0.3, 0.4) is 0 Å². The van der Waals surface area contributed by atoms with Crippen molar-refractivity contribution >= 4 is 33.7 Å². The maximum Gasteiger partial charge on any atom is 0.420 e. The third-order valence-corrected chi connectivity index (χ3v) is 4.55. The fraction of sp³-hybridized carbons (Fsp3) is 0.0952. The number of allylic oxidation sites excluding steroid dienone is 1. The Morgan fingerprint density at radius 1 is 1.23 bits per heavy atom. The first-order valence-electron chi connectivity index (χ1n) is 9.03. The zero-order chi connectivity index (χ0) is 22.4. The first-order chi connectivity index (χ1) is 15.0. The number of carbonyl (C=O) groups excluding carboxylic acids is 1. The summed E-state index contributed by atoms with van der Waals surface area (Å²) in [5, 5.41) is 17.7. The lowest BCUT2D eigenvalue weighted by Gasteiger charge is -2.19. The van der Waals surface area contributed by atoms with Gasteiger partial charge in [-0.15, -0.1) is 16.8 Å². The smallest absolute Gasteiger partial charge is 0.420 e. The van der Waals surface area contributed by atoms with E-state index in [1.165, 1.54) is 24.5 Å². The Labute approximate surface area is 186 Å². The number of imide groups is 1. The molecule has 0 saturated carbocycles. The van der Waals surface area contributed by atoms with Gasteiger partial charge in [0, 0.05) is 11.0 Å². The number of carbonyl (C=O) groups is 2. The summed E-state index contributed by atoms with van der Waals surface area (Å²) in [6.07, 6.45) is 3.21. The van der Waals surface area contributed by atoms with Gasteiger partial charge in [-0.05, 0) is 30.3 Å². The second-order valence-corrected chi connectivity index (χ2v) is 7.06. The van der Waals surface area contributed by atoms with E-state index in [1.54, 1.807) is 34.9 Å². The SMILES string of the molecule is C=CCOc1ccc(Br)cc1C(=O)N(C(=O)O)c1cccc(-c2nncn2CC=C)n1. The monoisotopic (exact) mass is 483 g/mol. The molecule has 0 aliphatic carbocycles. The highest BCUT2D eigenvalue weighted by molar-refractivity contribution is 9.10. The lowest BCUT2D eigenvalue weighted by molar-refractivity contribution is 0.0979. The zero-order valence-electron chi connectivity index (χ0n) is 16.3. The van der Waals surface area contributed by atoms with Gasteiger partial charge in [-0.2, -0.15) is 4.90 Å². The molecule has 0 aliphatic heterocycles. The lowest BCUT2D eigenvalue weighted by atomic mass is 10.1. The molecule has 158 valence electrons. The van der Waals surface area contributed by atoms with Crippen LogP contribution in [0.25, 0.3) is 11.5 Å². The van der Waals surface area contributed by atoms with Crippen molar-refractivity contribution in [3.05, 3.63) is 78.1 Å². The highest BCUT2D eigenvalue weighted by Gasteiger charge is 2.29. The standard InChI is InChI=1S/C21H18BrN5O4/c1-3-10-26-13-23-25-19(26)16-6-5-7-18(24-16)27(21(29)30)20(28)15-12-14(22)8-9-17(15)31-11-4-2/h3-9,12-13H,1-2,10-11H2,(H,29,30). The third-order valence-electron chi connectivity index (χ3n) is 4.06. The van der Waals surface area contributed by atoms with Gasteiger partial charge in [0.25, 0.3) is 5.91 Å². The van der Waals surface area contributed by atoms with Gasteiger partial charge >= 0.3 is 6.09 Å². The number of amides is 2. The van der Waals surface area contributed by atoms with Crippen LogP contribution in [-0.2, 0) is 6.54 Å². The van der Waals surface area contributed by atoms with E-state index in [0.29, 0.717) is 27.4 Å². The molecule has 0 aliphatic rings. The number of nitrogens with zero attached hydrogens (tertiary/aromatic N) is 5. The minimum Gasteiger partial charge on any atom is -0.489 e. The Bertz CT molecular complexity index is 1140. The van der Waals surface area contributed by atoms with Gasteiger partial charge in [-0.1, -0.05) is 40.7 Å². The molecule has 3 aromatic rings. The fourth-order valence-electron chi connectivity index (χ4n) is 2.75. The topological polar surface area (TPSA) is 110 Å². The fourth-order valence-corrected chi connectivity index (χ4v) is 3.11. The number of aromatic nitrogens is 4. The van der Waals surface area contributed by atoms with Crippen molar-refractivity contribution in [3.63, 3.8) is 0 Å². The molecule has 10 heteroatoms. The number of halogens is 1. The molecule has 0 spiro atoms. The van der Waals surface area contributed by atoms with Crippen molar-refractivity contribution < 1.29 is 19.4 Å². The van der Waals surface area contributed by atoms with Crippen LogP contribution in [0.5, 0.6) is 5.75 Å². The van der Waals surface area contributed by atoms with E-state index in [1.807, 2.05) is 0 Å². The van der Waals surface area contributed by atoms with Crippen molar-refractivity contribution in [2.24, 2.45) is 0 Å². The second-order valence-electron chi connectivity index (χ2n) is 6.14. The number of rotatable bonds is 8. The predicted octanol–water partition coefficient (Wildman–Crippen LogP) is 4.18. The van der Waals surface area contributed by atoms with Crippen LogP contribution < -0.4 is 9.64 Å². The number of hydrogen-bond acceptors (Lipinski definition) is 6. The maximum absolute atomic E-state index is 13.2. The summed E-state index contributed by atoms with van der Waals surface area (Å²) < 4.78 is 7.81. The zero-order valence-corrected chi connectivity index (χ0v) is 17.9. The molecule has 2 heterocycles. The molecular formula is C21H18BrN5O4. The van der Waals surface area contributed by atoms with Crippen LogP contribution in [0, 0.1) is 0 Å². The molecule has 0 unspecified atom stereocenters. The van der Waals surface area contributed by atoms with Gasteiger partial charge in [0.15, 0.2) is 5.82 Å². The van der Waals surface area contributed by atoms with E-state index in [4.69, 9.17) is 4.74 Å². The Kier molecular flexibility index (Phi) is 6.93. The van der Waals surface area contributed by atoms with Crippen molar-refractivity contribution in [3.8, 4) is 17.3 Å². The van der Waals surface area contributed by atoms with Crippen LogP contribution >= 0.6 is 15.9 Å². The highest BCUT2D eigenvalue weighted by atomic mass is 79.9. The molecule has 1 aromatic carbocycles. The van der Waals surface area contributed by atoms with Gasteiger partial charge in [-0.3, -0.25) is 4.79 Å². The van der Waals surface area contributed by atoms with Gasteiger partial charge < -0.3 is 14.4 Å². The Hall–Kier alpha value is -3.79. The molecule has 1 N–H and O–H groups in total. The molecule has 0 bridgehead atoms. The van der Waals surface area contributed by atoms with Crippen molar-refractivity contribution in [2.75, 3.05) is 11.5 Å². The minimum atomic E-state index is -1.49. The van der Waals surface area contributed by atoms with E-state index in [-0.39, 0.29) is 23.7 Å². The second kappa shape index (κ2) is 9.81. The number of hydrogen-bond donors (Lipinski definition) is 1. The molecular weight excluding hydrogens is 466 g/mol. The summed E-state index contributed by atoms with van der Waals surface area (Å²) >= 11 is 3.30. The van der Waals surface area contributed by atoms with E-state index in [0.717, 1.165) is 0 Å². The molecule has 0 fully saturated rings. The van der Waals surface area contributed by atoms with Crippen LogP contribution in [0.4, 0.5) is 10.6 Å². The molecule has 2 aromatic heterocycles. The van der Waals surface area contributed by atoms with E-state index in [2.05, 4.69) is 44.3 Å². The number of pyridine rings is 1. The minimum absolute atomic E-state index is 0.0562. The molecule has 0 saturated heterocycles. The number of carboxylic acid groups (broad SMARTS) is 1. The molecule has 9 nitrogen and oxygen atoms in total.